The second-order valence-corrected chi connectivity index (χ2v) is 4.50. The van der Waals surface area contributed by atoms with Crippen LogP contribution >= 0.6 is 11.8 Å². The van der Waals surface area contributed by atoms with Crippen LogP contribution in [0.15, 0.2) is 23.1 Å². The lowest BCUT2D eigenvalue weighted by Gasteiger charge is -2.09. The fourth-order valence-corrected chi connectivity index (χ4v) is 1.81. The minimum Gasteiger partial charge on any atom is -0.496 e. The van der Waals surface area contributed by atoms with Gasteiger partial charge in [0.05, 0.1) is 13.7 Å². The van der Waals surface area contributed by atoms with Gasteiger partial charge < -0.3 is 14.8 Å². The molecule has 1 aromatic rings. The summed E-state index contributed by atoms with van der Waals surface area (Å²) in [6, 6.07) is 5.12. The Kier molecular flexibility index (Phi) is 6.47. The number of amides is 1. The first kappa shape index (κ1) is 15.9. The molecule has 0 aliphatic heterocycles. The molecule has 6 heteroatoms. The highest BCUT2D eigenvalue weighted by Gasteiger charge is 2.15. The summed E-state index contributed by atoms with van der Waals surface area (Å²) in [6.45, 7) is -0.282. The van der Waals surface area contributed by atoms with Crippen molar-refractivity contribution in [1.82, 2.24) is 5.32 Å². The van der Waals surface area contributed by atoms with E-state index < -0.39 is 11.9 Å². The third-order valence-corrected chi connectivity index (χ3v) is 3.08. The predicted octanol–water partition coefficient (Wildman–Crippen LogP) is 1.32. The van der Waals surface area contributed by atoms with Gasteiger partial charge in [0.15, 0.2) is 6.61 Å². The summed E-state index contributed by atoms with van der Waals surface area (Å²) in [7, 11) is 1.47. The molecule has 0 radical (unpaired) electrons. The number of hydrogen-bond acceptors (Lipinski definition) is 5. The maximum absolute atomic E-state index is 11.9. The number of carbonyl (C=O) groups excluding carboxylic acids is 2. The molecule has 5 nitrogen and oxygen atoms in total. The van der Waals surface area contributed by atoms with Gasteiger partial charge >= 0.3 is 5.97 Å². The Morgan fingerprint density at radius 3 is 2.80 bits per heavy atom. The van der Waals surface area contributed by atoms with Crippen molar-refractivity contribution in [3.63, 3.8) is 0 Å². The van der Waals surface area contributed by atoms with Crippen molar-refractivity contribution in [2.45, 2.75) is 4.90 Å². The second kappa shape index (κ2) is 8.12. The van der Waals surface area contributed by atoms with Gasteiger partial charge in [0.25, 0.3) is 5.91 Å². The zero-order chi connectivity index (χ0) is 15.0. The van der Waals surface area contributed by atoms with Crippen LogP contribution < -0.4 is 10.1 Å². The molecule has 0 bridgehead atoms. The summed E-state index contributed by atoms with van der Waals surface area (Å²) in [5, 5.41) is 2.40. The Balaban J connectivity index is 2.68. The smallest absolute Gasteiger partial charge is 0.342 e. The molecule has 0 aliphatic carbocycles. The van der Waals surface area contributed by atoms with E-state index in [1.165, 1.54) is 18.9 Å². The molecule has 1 amide bonds. The number of esters is 1. The molecule has 0 heterocycles. The molecule has 0 aromatic heterocycles. The van der Waals surface area contributed by atoms with Crippen LogP contribution in [0.25, 0.3) is 0 Å². The van der Waals surface area contributed by atoms with E-state index in [9.17, 15) is 9.59 Å². The van der Waals surface area contributed by atoms with Crippen LogP contribution in [-0.4, -0.2) is 38.4 Å². The molecular weight excluding hydrogens is 278 g/mol. The number of ether oxygens (including phenoxy) is 2. The summed E-state index contributed by atoms with van der Waals surface area (Å²) < 4.78 is 10.0. The van der Waals surface area contributed by atoms with Crippen molar-refractivity contribution in [2.75, 3.05) is 26.5 Å². The van der Waals surface area contributed by atoms with E-state index in [4.69, 9.17) is 15.9 Å². The number of carbonyl (C=O) groups is 2. The molecule has 0 atom stereocenters. The second-order valence-electron chi connectivity index (χ2n) is 3.62. The molecule has 0 fully saturated rings. The molecule has 20 heavy (non-hydrogen) atoms. The zero-order valence-electron chi connectivity index (χ0n) is 11.3. The van der Waals surface area contributed by atoms with Crippen molar-refractivity contribution in [1.29, 1.82) is 0 Å². The summed E-state index contributed by atoms with van der Waals surface area (Å²) >= 11 is 1.53. The minimum atomic E-state index is -0.620. The van der Waals surface area contributed by atoms with Gasteiger partial charge in [0.2, 0.25) is 0 Å². The average Bonchev–Trinajstić information content (AvgIpc) is 2.49. The Morgan fingerprint density at radius 1 is 1.45 bits per heavy atom. The standard InChI is InChI=1S/C14H15NO4S/c1-4-7-15-13(16)9-19-14(17)11-6-5-10(20-3)8-12(11)18-2/h1,5-6,8H,7,9H2,2-3H3,(H,15,16). The van der Waals surface area contributed by atoms with Crippen molar-refractivity contribution >= 4 is 23.6 Å². The molecular formula is C14H15NO4S. The van der Waals surface area contributed by atoms with Gasteiger partial charge in [-0.2, -0.15) is 0 Å². The topological polar surface area (TPSA) is 64.6 Å². The lowest BCUT2D eigenvalue weighted by atomic mass is 10.2. The maximum Gasteiger partial charge on any atom is 0.342 e. The quantitative estimate of drug-likeness (QED) is 0.487. The van der Waals surface area contributed by atoms with Gasteiger partial charge in [-0.25, -0.2) is 4.79 Å². The highest BCUT2D eigenvalue weighted by Crippen LogP contribution is 2.25. The van der Waals surface area contributed by atoms with E-state index in [1.54, 1.807) is 18.2 Å². The van der Waals surface area contributed by atoms with Gasteiger partial charge in [0, 0.05) is 4.90 Å². The van der Waals surface area contributed by atoms with Crippen LogP contribution in [0.5, 0.6) is 5.75 Å². The van der Waals surface area contributed by atoms with E-state index in [1.807, 2.05) is 6.26 Å². The highest BCUT2D eigenvalue weighted by atomic mass is 32.2. The van der Waals surface area contributed by atoms with Gasteiger partial charge in [-0.3, -0.25) is 4.79 Å². The monoisotopic (exact) mass is 293 g/mol. The van der Waals surface area contributed by atoms with Crippen LogP contribution in [0.4, 0.5) is 0 Å². The van der Waals surface area contributed by atoms with Crippen LogP contribution in [-0.2, 0) is 9.53 Å². The normalized spacial score (nSPS) is 9.45. The minimum absolute atomic E-state index is 0.0993. The molecule has 0 saturated heterocycles. The lowest BCUT2D eigenvalue weighted by Crippen LogP contribution is -2.29. The Hall–Kier alpha value is -2.13. The summed E-state index contributed by atoms with van der Waals surface area (Å²) in [4.78, 5) is 24.1. The molecule has 0 spiro atoms. The fraction of sp³-hybridized carbons (Fsp3) is 0.286. The van der Waals surface area contributed by atoms with E-state index in [2.05, 4.69) is 11.2 Å². The van der Waals surface area contributed by atoms with Crippen LogP contribution in [0.3, 0.4) is 0 Å². The Bertz CT molecular complexity index is 536. The number of hydrogen-bond donors (Lipinski definition) is 1. The molecule has 0 aliphatic rings. The molecule has 106 valence electrons. The van der Waals surface area contributed by atoms with Gasteiger partial charge in [-0.1, -0.05) is 5.92 Å². The van der Waals surface area contributed by atoms with Crippen molar-refractivity contribution in [2.24, 2.45) is 0 Å². The van der Waals surface area contributed by atoms with Gasteiger partial charge in [0.1, 0.15) is 11.3 Å². The zero-order valence-corrected chi connectivity index (χ0v) is 12.1. The predicted molar refractivity (Wildman–Crippen MR) is 76.9 cm³/mol. The van der Waals surface area contributed by atoms with Crippen molar-refractivity contribution < 1.29 is 19.1 Å². The Morgan fingerprint density at radius 2 is 2.20 bits per heavy atom. The third-order valence-electron chi connectivity index (χ3n) is 2.35. The lowest BCUT2D eigenvalue weighted by molar-refractivity contribution is -0.123. The molecule has 1 rings (SSSR count). The van der Waals surface area contributed by atoms with E-state index in [0.29, 0.717) is 5.75 Å². The van der Waals surface area contributed by atoms with Gasteiger partial charge in [-0.15, -0.1) is 18.2 Å². The maximum atomic E-state index is 11.9. The number of methoxy groups -OCH3 is 1. The van der Waals surface area contributed by atoms with E-state index in [-0.39, 0.29) is 18.7 Å². The van der Waals surface area contributed by atoms with Crippen molar-refractivity contribution in [3.8, 4) is 18.1 Å². The van der Waals surface area contributed by atoms with Crippen LogP contribution in [0.1, 0.15) is 10.4 Å². The van der Waals surface area contributed by atoms with E-state index in [0.717, 1.165) is 4.90 Å². The number of nitrogens with one attached hydrogen (secondary N) is 1. The first-order valence-corrected chi connectivity index (χ1v) is 6.94. The highest BCUT2D eigenvalue weighted by molar-refractivity contribution is 7.98. The van der Waals surface area contributed by atoms with Crippen LogP contribution in [0.2, 0.25) is 0 Å². The summed E-state index contributed by atoms with van der Waals surface area (Å²) in [6.07, 6.45) is 6.92. The number of benzene rings is 1. The average molecular weight is 293 g/mol. The third kappa shape index (κ3) is 4.52. The fourth-order valence-electron chi connectivity index (χ4n) is 1.38. The molecule has 0 saturated carbocycles. The first-order valence-electron chi connectivity index (χ1n) is 5.71. The Labute approximate surface area is 122 Å². The molecule has 0 unspecified atom stereocenters. The van der Waals surface area contributed by atoms with Gasteiger partial charge in [-0.05, 0) is 24.5 Å². The first-order chi connectivity index (χ1) is 9.62. The largest absolute Gasteiger partial charge is 0.496 e. The SMILES string of the molecule is C#CCNC(=O)COC(=O)c1ccc(SC)cc1OC. The van der Waals surface area contributed by atoms with Crippen LogP contribution in [0, 0.1) is 12.3 Å². The summed E-state index contributed by atoms with van der Waals surface area (Å²) in [5.74, 6) is 1.59. The number of rotatable bonds is 6. The number of terminal acetylenes is 1. The summed E-state index contributed by atoms with van der Waals surface area (Å²) in [5.41, 5.74) is 0.273. The molecule has 1 aromatic carbocycles. The molecule has 1 N–H and O–H groups in total. The number of thioether (sulfide) groups is 1. The van der Waals surface area contributed by atoms with Crippen molar-refractivity contribution in [3.05, 3.63) is 23.8 Å². The van der Waals surface area contributed by atoms with E-state index >= 15 is 0 Å².